The molecule has 3 fully saturated rings. The van der Waals surface area contributed by atoms with E-state index in [1.807, 2.05) is 0 Å². The number of hydrogen-bond acceptors (Lipinski definition) is 23. The van der Waals surface area contributed by atoms with Crippen molar-refractivity contribution in [2.75, 3.05) is 79.5 Å². The third kappa shape index (κ3) is 32.4. The zero-order chi connectivity index (χ0) is 75.3. The van der Waals surface area contributed by atoms with Crippen LogP contribution in [-0.4, -0.2) is 162 Å². The first kappa shape index (κ1) is 87.8. The van der Waals surface area contributed by atoms with Crippen molar-refractivity contribution < 1.29 is 95.6 Å². The number of rotatable bonds is 55. The Morgan fingerprint density at radius 2 is 1.33 bits per heavy atom. The first-order valence-corrected chi connectivity index (χ1v) is 39.6. The summed E-state index contributed by atoms with van der Waals surface area (Å²) < 4.78 is 42.7. The molecule has 586 valence electrons. The standard InChI is InChI=1S/C74H125N8O20P/c1-50(2)17-15-18-51(3)61-26-27-62-59-24-21-54-46-57(23-25-58(54)60(59)45-52(4)74(61,62)6)102-73(94)77-36-31-68(87)76-35-32-69(88)78-63(28-30-71(91)92)66(85)47-55(22-29-70(89)90)72(93)79-64(65(84)19-16-38-98-41-43-100-44-42-99-40-33-53(5)83)48-56-49-82(81-80-56)37-13-10-11-20-67(86)75-34-12-8-9-14-39-101-103(95,96)97-7/h21,49-52,55,57-64,80-81H,8-20,22-48H2,1-7H3,(H,75,86)(H,76,87)(H,77,94)(H,78,88)(H,79,93)(H,89,90)(H,91,92)(H,95,96)/p-3/t51?,52?,55-,57+,58?,59+,60?,61?,62?,63+,64+,74?/m1/s1. The van der Waals surface area contributed by atoms with Gasteiger partial charge in [-0.05, 0) is 156 Å². The van der Waals surface area contributed by atoms with Gasteiger partial charge < -0.3 is 84.7 Å². The van der Waals surface area contributed by atoms with Crippen LogP contribution in [0.1, 0.15) is 228 Å². The molecule has 28 nitrogen and oxygen atoms in total. The predicted molar refractivity (Wildman–Crippen MR) is 377 cm³/mol. The van der Waals surface area contributed by atoms with Gasteiger partial charge in [-0.2, -0.15) is 0 Å². The van der Waals surface area contributed by atoms with E-state index in [9.17, 15) is 67.6 Å². The number of ketones is 3. The van der Waals surface area contributed by atoms with Gasteiger partial charge in [0, 0.05) is 121 Å². The maximum absolute atomic E-state index is 14.3. The third-order valence-corrected chi connectivity index (χ3v) is 22.6. The van der Waals surface area contributed by atoms with Crippen LogP contribution >= 0.6 is 7.82 Å². The Morgan fingerprint density at radius 3 is 2.05 bits per heavy atom. The smallest absolute Gasteiger partial charge is 0.407 e. The molecule has 0 spiro atoms. The van der Waals surface area contributed by atoms with Crippen molar-refractivity contribution in [1.29, 1.82) is 0 Å². The number of amides is 5. The molecular formula is C74H122N8O20P-3. The number of carbonyl (C=O) groups excluding carboxylic acids is 10. The van der Waals surface area contributed by atoms with Gasteiger partial charge in [0.1, 0.15) is 11.9 Å². The molecule has 5 amide bonds. The minimum atomic E-state index is -4.24. The van der Waals surface area contributed by atoms with Crippen LogP contribution in [0, 0.1) is 58.7 Å². The topological polar surface area (TPSA) is 400 Å². The number of Topliss-reactive ketones (excluding diaryl/α,β-unsaturated/α-hetero) is 3. The number of carbonyl (C=O) groups is 10. The van der Waals surface area contributed by atoms with E-state index in [0.717, 1.165) is 69.3 Å². The number of alkyl carbamates (subject to hydrolysis) is 1. The molecular weight excluding hydrogens is 1350 g/mol. The third-order valence-electron chi connectivity index (χ3n) is 21.6. The molecule has 8 unspecified atom stereocenters. The number of hydrogen-bond donors (Lipinski definition) is 7. The van der Waals surface area contributed by atoms with Crippen molar-refractivity contribution in [2.45, 2.75) is 246 Å². The van der Waals surface area contributed by atoms with E-state index in [2.05, 4.69) is 82.8 Å². The number of phosphoric ester groups is 1. The van der Waals surface area contributed by atoms with Crippen molar-refractivity contribution in [2.24, 2.45) is 58.7 Å². The van der Waals surface area contributed by atoms with Gasteiger partial charge in [0.05, 0.1) is 51.7 Å². The van der Waals surface area contributed by atoms with Gasteiger partial charge >= 0.3 is 6.09 Å². The van der Waals surface area contributed by atoms with Crippen LogP contribution in [0.4, 0.5) is 4.79 Å². The molecule has 5 aliphatic rings. The van der Waals surface area contributed by atoms with E-state index in [0.29, 0.717) is 113 Å². The number of carboxylic acid groups (broad SMARTS) is 2. The SMILES string of the molecule is COP(=O)([O-])OCCCCCCNC(=O)CCCCCN1C=C(C[C@H](NC(=O)[C@H](CCC(=O)[O-])CC(=O)[C@H](CCC(=O)[O-])NC(=O)CCNC(=O)CCNC(=O)O[C@H]2CCC3C(=CC[C@H]4C3CC(C)C3(C)C(C(C)CCCC(C)C)CCC43)C2)C(=O)CCCOCCOCCOCCC(C)=O)NN1. The molecule has 13 atom stereocenters. The molecule has 1 aliphatic heterocycles. The van der Waals surface area contributed by atoms with Crippen molar-refractivity contribution in [1.82, 2.24) is 42.6 Å². The number of unbranched alkanes of at least 4 members (excludes halogenated alkanes) is 5. The van der Waals surface area contributed by atoms with Crippen LogP contribution in [0.25, 0.3) is 0 Å². The molecule has 0 aromatic heterocycles. The van der Waals surface area contributed by atoms with Crippen LogP contribution in [0.2, 0.25) is 0 Å². The Kier molecular flexibility index (Phi) is 40.0. The summed E-state index contributed by atoms with van der Waals surface area (Å²) in [6, 6.07) is -2.67. The molecule has 0 radical (unpaired) electrons. The van der Waals surface area contributed by atoms with E-state index in [-0.39, 0.29) is 89.4 Å². The van der Waals surface area contributed by atoms with Crippen LogP contribution in [0.3, 0.4) is 0 Å². The molecule has 7 N–H and O–H groups in total. The van der Waals surface area contributed by atoms with Gasteiger partial charge in [0.15, 0.2) is 11.6 Å². The number of ether oxygens (including phenoxy) is 4. The second kappa shape index (κ2) is 46.9. The highest BCUT2D eigenvalue weighted by Crippen LogP contribution is 2.67. The van der Waals surface area contributed by atoms with E-state index >= 15 is 0 Å². The zero-order valence-corrected chi connectivity index (χ0v) is 63.3. The van der Waals surface area contributed by atoms with E-state index < -0.39 is 105 Å². The van der Waals surface area contributed by atoms with Crippen LogP contribution in [0.15, 0.2) is 23.5 Å². The minimum absolute atomic E-state index is 0.0225. The Labute approximate surface area is 610 Å². The molecule has 0 aromatic rings. The normalized spacial score (nSPS) is 23.0. The highest BCUT2D eigenvalue weighted by atomic mass is 31.2. The fourth-order valence-corrected chi connectivity index (χ4v) is 16.4. The highest BCUT2D eigenvalue weighted by molar-refractivity contribution is 7.45. The second-order valence-electron chi connectivity index (χ2n) is 29.7. The van der Waals surface area contributed by atoms with Crippen molar-refractivity contribution >= 4 is 66.8 Å². The van der Waals surface area contributed by atoms with E-state index in [1.165, 1.54) is 51.0 Å². The molecule has 3 saturated carbocycles. The van der Waals surface area contributed by atoms with Crippen LogP contribution in [0.5, 0.6) is 0 Å². The number of nitrogens with zero attached hydrogens (tertiary/aromatic N) is 1. The van der Waals surface area contributed by atoms with E-state index in [1.54, 1.807) is 11.2 Å². The average molecular weight is 1470 g/mol. The van der Waals surface area contributed by atoms with E-state index in [4.69, 9.17) is 23.5 Å². The predicted octanol–water partition coefficient (Wildman–Crippen LogP) is 5.78. The van der Waals surface area contributed by atoms with Crippen molar-refractivity contribution in [3.8, 4) is 0 Å². The summed E-state index contributed by atoms with van der Waals surface area (Å²) in [5.41, 5.74) is 8.31. The Bertz CT molecular complexity index is 2830. The van der Waals surface area contributed by atoms with Gasteiger partial charge in [-0.25, -0.2) is 4.79 Å². The maximum atomic E-state index is 14.3. The van der Waals surface area contributed by atoms with Gasteiger partial charge in [-0.15, -0.1) is 5.53 Å². The molecule has 103 heavy (non-hydrogen) atoms. The highest BCUT2D eigenvalue weighted by Gasteiger charge is 2.59. The number of nitrogens with one attached hydrogen (secondary N) is 7. The molecule has 5 rings (SSSR count). The molecule has 1 heterocycles. The van der Waals surface area contributed by atoms with Gasteiger partial charge in [-0.1, -0.05) is 84.8 Å². The average Bonchev–Trinajstić information content (AvgIpc) is 1.63. The number of carboxylic acids is 2. The summed E-state index contributed by atoms with van der Waals surface area (Å²) in [6.07, 6.45) is 17.0. The minimum Gasteiger partial charge on any atom is -0.756 e. The molecule has 29 heteroatoms. The zero-order valence-electron chi connectivity index (χ0n) is 62.4. The maximum Gasteiger partial charge on any atom is 0.407 e. The first-order valence-electron chi connectivity index (χ1n) is 38.1. The van der Waals surface area contributed by atoms with Crippen LogP contribution in [-0.2, 0) is 75.7 Å². The lowest BCUT2D eigenvalue weighted by Gasteiger charge is -2.57. The van der Waals surface area contributed by atoms with Crippen LogP contribution < -0.4 is 52.7 Å². The lowest BCUT2D eigenvalue weighted by Crippen LogP contribution is -2.51. The summed E-state index contributed by atoms with van der Waals surface area (Å²) in [7, 11) is -3.21. The lowest BCUT2D eigenvalue weighted by molar-refractivity contribution is -0.307. The lowest BCUT2D eigenvalue weighted by atomic mass is 9.48. The Balaban J connectivity index is 1.07. The molecule has 0 bridgehead atoms. The first-order chi connectivity index (χ1) is 49.2. The molecule has 0 aromatic carbocycles. The van der Waals surface area contributed by atoms with Gasteiger partial charge in [0.25, 0.3) is 7.82 Å². The van der Waals surface area contributed by atoms with Crippen molar-refractivity contribution in [3.05, 3.63) is 23.5 Å². The number of hydrazine groups is 2. The Morgan fingerprint density at radius 1 is 0.660 bits per heavy atom. The number of allylic oxidation sites excluding steroid dienone is 1. The number of fused-ring (bicyclic) bond motifs is 5. The van der Waals surface area contributed by atoms with Crippen molar-refractivity contribution in [3.63, 3.8) is 0 Å². The summed E-state index contributed by atoms with van der Waals surface area (Å²) >= 11 is 0. The second-order valence-corrected chi connectivity index (χ2v) is 31.2. The quantitative estimate of drug-likeness (QED) is 0.0215. The summed E-state index contributed by atoms with van der Waals surface area (Å²) in [5, 5.41) is 38.7. The Hall–Kier alpha value is -5.87. The van der Waals surface area contributed by atoms with Gasteiger partial charge in [-0.3, -0.25) is 43.1 Å². The molecule has 0 saturated heterocycles. The van der Waals surface area contributed by atoms with Gasteiger partial charge in [0.2, 0.25) is 23.6 Å². The fraction of sp³-hybridized carbons (Fsp3) is 0.811. The number of aliphatic carboxylic acids is 2. The summed E-state index contributed by atoms with van der Waals surface area (Å²) in [6.45, 7) is 16.1. The monoisotopic (exact) mass is 1470 g/mol. The summed E-state index contributed by atoms with van der Waals surface area (Å²) in [5.74, 6) is -2.22. The summed E-state index contributed by atoms with van der Waals surface area (Å²) in [4.78, 5) is 140. The molecule has 4 aliphatic carbocycles. The fourth-order valence-electron chi connectivity index (χ4n) is 16.0. The largest absolute Gasteiger partial charge is 0.756 e. The number of phosphoric acid groups is 1.